The van der Waals surface area contributed by atoms with Crippen molar-refractivity contribution in [2.24, 2.45) is 5.92 Å². The maximum atomic E-state index is 11.1. The highest BCUT2D eigenvalue weighted by Gasteiger charge is 2.39. The van der Waals surface area contributed by atoms with Crippen LogP contribution in [-0.4, -0.2) is 10.7 Å². The predicted molar refractivity (Wildman–Crippen MR) is 82.3 cm³/mol. The molecule has 19 heavy (non-hydrogen) atoms. The molecule has 1 N–H and O–H groups in total. The highest BCUT2D eigenvalue weighted by molar-refractivity contribution is 9.10. The van der Waals surface area contributed by atoms with Crippen LogP contribution in [0, 0.1) is 5.92 Å². The maximum absolute atomic E-state index is 11.1. The number of hydrogen-bond acceptors (Lipinski definition) is 1. The molecular weight excluding hydrogens is 300 g/mol. The molecular formula is C17H23BrO. The van der Waals surface area contributed by atoms with Gasteiger partial charge in [-0.3, -0.25) is 0 Å². The molecule has 0 radical (unpaired) electrons. The smallest absolute Gasteiger partial charge is 0.0719 e. The van der Waals surface area contributed by atoms with Crippen LogP contribution in [0.1, 0.15) is 56.1 Å². The van der Waals surface area contributed by atoms with Crippen LogP contribution in [0.15, 0.2) is 22.7 Å². The minimum Gasteiger partial charge on any atom is -0.389 e. The van der Waals surface area contributed by atoms with Crippen LogP contribution in [0.3, 0.4) is 0 Å². The van der Waals surface area contributed by atoms with E-state index in [4.69, 9.17) is 0 Å². The summed E-state index contributed by atoms with van der Waals surface area (Å²) in [6.07, 6.45) is 10.6. The van der Waals surface area contributed by atoms with Crippen LogP contribution < -0.4 is 0 Å². The Kier molecular flexibility index (Phi) is 4.00. The number of halogens is 1. The lowest BCUT2D eigenvalue weighted by atomic mass is 9.71. The quantitative estimate of drug-likeness (QED) is 0.747. The molecule has 0 amide bonds. The molecule has 3 rings (SSSR count). The summed E-state index contributed by atoms with van der Waals surface area (Å²) in [4.78, 5) is 0. The Bertz CT molecular complexity index is 449. The van der Waals surface area contributed by atoms with E-state index in [-0.39, 0.29) is 0 Å². The normalized spacial score (nSPS) is 28.7. The predicted octanol–water partition coefficient (Wildman–Crippen LogP) is 4.64. The summed E-state index contributed by atoms with van der Waals surface area (Å²) in [5.74, 6) is 0.520. The summed E-state index contributed by atoms with van der Waals surface area (Å²) >= 11 is 3.54. The van der Waals surface area contributed by atoms with E-state index in [9.17, 15) is 5.11 Å². The number of aryl methyl sites for hydroxylation is 1. The second kappa shape index (κ2) is 5.57. The first-order chi connectivity index (χ1) is 9.17. The van der Waals surface area contributed by atoms with E-state index in [0.717, 1.165) is 23.7 Å². The fraction of sp³-hybridized carbons (Fsp3) is 0.647. The lowest BCUT2D eigenvalue weighted by Gasteiger charge is -2.40. The van der Waals surface area contributed by atoms with Gasteiger partial charge in [-0.15, -0.1) is 0 Å². The third kappa shape index (κ3) is 2.90. The Morgan fingerprint density at radius 2 is 1.79 bits per heavy atom. The van der Waals surface area contributed by atoms with Gasteiger partial charge in [0.05, 0.1) is 5.60 Å². The highest BCUT2D eigenvalue weighted by atomic mass is 79.9. The molecule has 104 valence electrons. The van der Waals surface area contributed by atoms with Gasteiger partial charge in [-0.25, -0.2) is 0 Å². The minimum absolute atomic E-state index is 0.439. The minimum atomic E-state index is -0.439. The average Bonchev–Trinajstić information content (AvgIpc) is 2.69. The Balaban J connectivity index is 1.80. The first-order valence-electron chi connectivity index (χ1n) is 7.67. The summed E-state index contributed by atoms with van der Waals surface area (Å²) in [6.45, 7) is 0. The van der Waals surface area contributed by atoms with Crippen molar-refractivity contribution in [1.29, 1.82) is 0 Å². The fourth-order valence-electron chi connectivity index (χ4n) is 3.93. The SMILES string of the molecule is OC1(C2CCCCCC2)CCc2cc(Br)ccc2C1. The van der Waals surface area contributed by atoms with E-state index in [1.165, 1.54) is 49.7 Å². The molecule has 0 saturated heterocycles. The largest absolute Gasteiger partial charge is 0.389 e. The van der Waals surface area contributed by atoms with Gasteiger partial charge >= 0.3 is 0 Å². The third-order valence-corrected chi connectivity index (χ3v) is 5.60. The van der Waals surface area contributed by atoms with Gasteiger partial charge in [-0.1, -0.05) is 47.7 Å². The Morgan fingerprint density at radius 1 is 1.05 bits per heavy atom. The van der Waals surface area contributed by atoms with E-state index in [1.54, 1.807) is 0 Å². The van der Waals surface area contributed by atoms with Gasteiger partial charge in [-0.2, -0.15) is 0 Å². The Morgan fingerprint density at radius 3 is 2.53 bits per heavy atom. The summed E-state index contributed by atoms with van der Waals surface area (Å²) < 4.78 is 1.16. The van der Waals surface area contributed by atoms with Gasteiger partial charge < -0.3 is 5.11 Å². The molecule has 1 fully saturated rings. The number of aliphatic hydroxyl groups is 1. The molecule has 0 aromatic heterocycles. The Labute approximate surface area is 124 Å². The van der Waals surface area contributed by atoms with Crippen LogP contribution in [0.2, 0.25) is 0 Å². The van der Waals surface area contributed by atoms with Gasteiger partial charge in [0.15, 0.2) is 0 Å². The van der Waals surface area contributed by atoms with Gasteiger partial charge in [0.25, 0.3) is 0 Å². The zero-order valence-corrected chi connectivity index (χ0v) is 13.1. The first kappa shape index (κ1) is 13.6. The summed E-state index contributed by atoms with van der Waals surface area (Å²) in [5, 5.41) is 11.1. The van der Waals surface area contributed by atoms with Crippen LogP contribution >= 0.6 is 15.9 Å². The monoisotopic (exact) mass is 322 g/mol. The molecule has 1 unspecified atom stereocenters. The molecule has 2 aliphatic rings. The lowest BCUT2D eigenvalue weighted by molar-refractivity contribution is -0.0363. The topological polar surface area (TPSA) is 20.2 Å². The van der Waals surface area contributed by atoms with Crippen molar-refractivity contribution in [1.82, 2.24) is 0 Å². The maximum Gasteiger partial charge on any atom is 0.0719 e. The van der Waals surface area contributed by atoms with Gasteiger partial charge in [0, 0.05) is 10.9 Å². The standard InChI is InChI=1S/C17H23BrO/c18-16-8-7-14-12-17(19,10-9-13(14)11-16)15-5-3-1-2-4-6-15/h7-8,11,15,19H,1-6,9-10,12H2. The van der Waals surface area contributed by atoms with Crippen molar-refractivity contribution in [2.75, 3.05) is 0 Å². The van der Waals surface area contributed by atoms with E-state index in [2.05, 4.69) is 34.1 Å². The van der Waals surface area contributed by atoms with Gasteiger partial charge in [0.2, 0.25) is 0 Å². The van der Waals surface area contributed by atoms with Crippen molar-refractivity contribution in [3.8, 4) is 0 Å². The van der Waals surface area contributed by atoms with Crippen LogP contribution in [0.4, 0.5) is 0 Å². The lowest BCUT2D eigenvalue weighted by Crippen LogP contribution is -2.43. The zero-order valence-electron chi connectivity index (χ0n) is 11.5. The van der Waals surface area contributed by atoms with Gasteiger partial charge in [0.1, 0.15) is 0 Å². The van der Waals surface area contributed by atoms with Crippen molar-refractivity contribution in [3.05, 3.63) is 33.8 Å². The van der Waals surface area contributed by atoms with Gasteiger partial charge in [-0.05, 0) is 54.9 Å². The summed E-state index contributed by atoms with van der Waals surface area (Å²) in [5.41, 5.74) is 2.35. The number of benzene rings is 1. The van der Waals surface area contributed by atoms with Crippen molar-refractivity contribution < 1.29 is 5.11 Å². The van der Waals surface area contributed by atoms with E-state index < -0.39 is 5.60 Å². The molecule has 0 spiro atoms. The molecule has 2 heteroatoms. The third-order valence-electron chi connectivity index (χ3n) is 5.11. The average molecular weight is 323 g/mol. The molecule has 1 nitrogen and oxygen atoms in total. The van der Waals surface area contributed by atoms with Crippen molar-refractivity contribution in [3.63, 3.8) is 0 Å². The second-order valence-electron chi connectivity index (χ2n) is 6.38. The fourth-order valence-corrected chi connectivity index (χ4v) is 4.34. The van der Waals surface area contributed by atoms with Crippen molar-refractivity contribution >= 4 is 15.9 Å². The molecule has 1 aromatic carbocycles. The number of fused-ring (bicyclic) bond motifs is 1. The molecule has 1 atom stereocenters. The first-order valence-corrected chi connectivity index (χ1v) is 8.46. The van der Waals surface area contributed by atoms with E-state index in [1.807, 2.05) is 0 Å². The summed E-state index contributed by atoms with van der Waals surface area (Å²) in [7, 11) is 0. The molecule has 1 saturated carbocycles. The highest BCUT2D eigenvalue weighted by Crippen LogP contribution is 2.40. The Hall–Kier alpha value is -0.340. The van der Waals surface area contributed by atoms with Crippen LogP contribution in [0.25, 0.3) is 0 Å². The molecule has 0 heterocycles. The molecule has 1 aromatic rings. The summed E-state index contributed by atoms with van der Waals surface area (Å²) in [6, 6.07) is 6.53. The van der Waals surface area contributed by atoms with E-state index >= 15 is 0 Å². The molecule has 0 aliphatic heterocycles. The van der Waals surface area contributed by atoms with E-state index in [0.29, 0.717) is 5.92 Å². The number of hydrogen-bond donors (Lipinski definition) is 1. The van der Waals surface area contributed by atoms with Crippen molar-refractivity contribution in [2.45, 2.75) is 63.4 Å². The van der Waals surface area contributed by atoms with Crippen LogP contribution in [0.5, 0.6) is 0 Å². The second-order valence-corrected chi connectivity index (χ2v) is 7.30. The van der Waals surface area contributed by atoms with Crippen LogP contribution in [-0.2, 0) is 12.8 Å². The molecule has 2 aliphatic carbocycles. The molecule has 0 bridgehead atoms. The number of rotatable bonds is 1. The zero-order chi connectivity index (χ0) is 13.3.